The highest BCUT2D eigenvalue weighted by Crippen LogP contribution is 2.31. The van der Waals surface area contributed by atoms with E-state index < -0.39 is 0 Å². The van der Waals surface area contributed by atoms with Crippen molar-refractivity contribution in [3.63, 3.8) is 0 Å². The van der Waals surface area contributed by atoms with E-state index in [0.29, 0.717) is 11.2 Å². The summed E-state index contributed by atoms with van der Waals surface area (Å²) >= 11 is 5.04. The minimum absolute atomic E-state index is 0.311. The lowest BCUT2D eigenvalue weighted by Gasteiger charge is -2.24. The first-order chi connectivity index (χ1) is 6.25. The molecule has 2 heterocycles. The van der Waals surface area contributed by atoms with Crippen molar-refractivity contribution >= 4 is 33.6 Å². The van der Waals surface area contributed by atoms with Crippen molar-refractivity contribution in [3.05, 3.63) is 10.7 Å². The van der Waals surface area contributed by atoms with Crippen molar-refractivity contribution < 1.29 is 4.74 Å². The number of hydrogen-bond acceptors (Lipinski definition) is 5. The first-order valence-corrected chi connectivity index (χ1v) is 5.45. The van der Waals surface area contributed by atoms with Gasteiger partial charge >= 0.3 is 0 Å². The van der Waals surface area contributed by atoms with Gasteiger partial charge in [-0.3, -0.25) is 0 Å². The molecule has 1 aliphatic rings. The maximum atomic E-state index is 5.48. The van der Waals surface area contributed by atoms with Crippen LogP contribution in [-0.4, -0.2) is 28.4 Å². The molecule has 70 valence electrons. The van der Waals surface area contributed by atoms with Crippen molar-refractivity contribution in [2.75, 3.05) is 18.9 Å². The average molecular weight is 262 g/mol. The van der Waals surface area contributed by atoms with Gasteiger partial charge in [0.1, 0.15) is 5.03 Å². The second kappa shape index (κ2) is 3.81. The summed E-state index contributed by atoms with van der Waals surface area (Å²) in [4.78, 5) is 7.99. The van der Waals surface area contributed by atoms with E-state index in [2.05, 4.69) is 25.9 Å². The van der Waals surface area contributed by atoms with Gasteiger partial charge in [0.2, 0.25) is 5.95 Å². The van der Waals surface area contributed by atoms with Crippen LogP contribution in [0.3, 0.4) is 0 Å². The minimum atomic E-state index is 0.311. The van der Waals surface area contributed by atoms with Crippen LogP contribution in [0.25, 0.3) is 0 Å². The smallest absolute Gasteiger partial charge is 0.221 e. The second-order valence-electron chi connectivity index (χ2n) is 2.66. The maximum absolute atomic E-state index is 5.48. The largest absolute Gasteiger partial charge is 0.379 e. The highest BCUT2D eigenvalue weighted by Gasteiger charge is 2.21. The first-order valence-electron chi connectivity index (χ1n) is 3.78. The van der Waals surface area contributed by atoms with E-state index in [1.165, 1.54) is 0 Å². The van der Waals surface area contributed by atoms with Crippen LogP contribution < -0.4 is 5.73 Å². The summed E-state index contributed by atoms with van der Waals surface area (Å²) in [6.45, 7) is 1.59. The lowest BCUT2D eigenvalue weighted by Crippen LogP contribution is -2.30. The van der Waals surface area contributed by atoms with E-state index in [4.69, 9.17) is 10.5 Å². The van der Waals surface area contributed by atoms with E-state index in [9.17, 15) is 0 Å². The number of anilines is 1. The SMILES string of the molecule is Nc1ncc(Br)c(SC2COC2)n1. The number of nitrogens with zero attached hydrogens (tertiary/aromatic N) is 2. The zero-order valence-electron chi connectivity index (χ0n) is 6.74. The lowest BCUT2D eigenvalue weighted by atomic mass is 10.4. The zero-order valence-corrected chi connectivity index (χ0v) is 9.14. The Morgan fingerprint density at radius 1 is 1.62 bits per heavy atom. The highest BCUT2D eigenvalue weighted by atomic mass is 79.9. The van der Waals surface area contributed by atoms with Gasteiger partial charge in [0.05, 0.1) is 22.9 Å². The normalized spacial score (nSPS) is 17.0. The molecule has 1 aliphatic heterocycles. The third-order valence-electron chi connectivity index (χ3n) is 1.62. The number of aromatic nitrogens is 2. The van der Waals surface area contributed by atoms with E-state index in [-0.39, 0.29) is 0 Å². The molecule has 0 bridgehead atoms. The Hall–Kier alpha value is -0.330. The Morgan fingerprint density at radius 3 is 3.00 bits per heavy atom. The number of rotatable bonds is 2. The molecule has 0 spiro atoms. The molecule has 0 unspecified atom stereocenters. The van der Waals surface area contributed by atoms with Crippen LogP contribution in [0.15, 0.2) is 15.7 Å². The standard InChI is InChI=1S/C7H8BrN3OS/c8-5-1-10-7(9)11-6(5)13-4-2-12-3-4/h1,4H,2-3H2,(H2,9,10,11). The van der Waals surface area contributed by atoms with Gasteiger partial charge in [0.15, 0.2) is 0 Å². The predicted molar refractivity (Wildman–Crippen MR) is 54.6 cm³/mol. The molecule has 2 N–H and O–H groups in total. The van der Waals surface area contributed by atoms with Gasteiger partial charge in [-0.1, -0.05) is 11.8 Å². The Morgan fingerprint density at radius 2 is 2.38 bits per heavy atom. The van der Waals surface area contributed by atoms with Crippen LogP contribution in [0.2, 0.25) is 0 Å². The topological polar surface area (TPSA) is 61.0 Å². The number of thioether (sulfide) groups is 1. The molecule has 0 saturated carbocycles. The molecule has 1 fully saturated rings. The predicted octanol–water partition coefficient (Wildman–Crippen LogP) is 1.31. The Balaban J connectivity index is 2.13. The molecule has 6 heteroatoms. The molecule has 0 atom stereocenters. The number of hydrogen-bond donors (Lipinski definition) is 1. The van der Waals surface area contributed by atoms with Gasteiger partial charge in [-0.25, -0.2) is 9.97 Å². The summed E-state index contributed by atoms with van der Waals surface area (Å²) in [7, 11) is 0. The third-order valence-corrected chi connectivity index (χ3v) is 3.60. The van der Waals surface area contributed by atoms with Crippen molar-refractivity contribution in [2.45, 2.75) is 10.3 Å². The quantitative estimate of drug-likeness (QED) is 0.814. The fourth-order valence-electron chi connectivity index (χ4n) is 0.887. The Labute approximate surface area is 88.4 Å². The number of nitrogens with two attached hydrogens (primary N) is 1. The fraction of sp³-hybridized carbons (Fsp3) is 0.429. The summed E-state index contributed by atoms with van der Waals surface area (Å²) in [6.07, 6.45) is 1.67. The molecule has 4 nitrogen and oxygen atoms in total. The molecule has 2 rings (SSSR count). The van der Waals surface area contributed by atoms with Gasteiger partial charge in [0.25, 0.3) is 0 Å². The van der Waals surface area contributed by atoms with Crippen LogP contribution >= 0.6 is 27.7 Å². The van der Waals surface area contributed by atoms with Gasteiger partial charge in [-0.2, -0.15) is 0 Å². The molecule has 1 aromatic rings. The van der Waals surface area contributed by atoms with Gasteiger partial charge in [-0.15, -0.1) is 0 Å². The summed E-state index contributed by atoms with van der Waals surface area (Å²) < 4.78 is 5.95. The molecule has 0 aliphatic carbocycles. The molecule has 0 amide bonds. The number of nitrogen functional groups attached to an aromatic ring is 1. The molecule has 0 radical (unpaired) electrons. The summed E-state index contributed by atoms with van der Waals surface area (Å²) in [5.41, 5.74) is 5.48. The van der Waals surface area contributed by atoms with Crippen molar-refractivity contribution in [1.82, 2.24) is 9.97 Å². The summed E-state index contributed by atoms with van der Waals surface area (Å²) in [6, 6.07) is 0. The summed E-state index contributed by atoms with van der Waals surface area (Å²) in [5, 5.41) is 1.39. The van der Waals surface area contributed by atoms with Crippen molar-refractivity contribution in [3.8, 4) is 0 Å². The lowest BCUT2D eigenvalue weighted by molar-refractivity contribution is 0.0454. The molecule has 0 aromatic carbocycles. The zero-order chi connectivity index (χ0) is 9.26. The first kappa shape index (κ1) is 9.23. The van der Waals surface area contributed by atoms with E-state index in [1.54, 1.807) is 18.0 Å². The number of ether oxygens (including phenoxy) is 1. The van der Waals surface area contributed by atoms with E-state index in [1.807, 2.05) is 0 Å². The second-order valence-corrected chi connectivity index (χ2v) is 4.80. The van der Waals surface area contributed by atoms with Gasteiger partial charge in [0, 0.05) is 6.20 Å². The number of halogens is 1. The van der Waals surface area contributed by atoms with Crippen molar-refractivity contribution in [1.29, 1.82) is 0 Å². The molecule has 13 heavy (non-hydrogen) atoms. The maximum Gasteiger partial charge on any atom is 0.221 e. The molecular formula is C7H8BrN3OS. The highest BCUT2D eigenvalue weighted by molar-refractivity contribution is 9.10. The Bertz CT molecular complexity index is 319. The van der Waals surface area contributed by atoms with E-state index in [0.717, 1.165) is 22.7 Å². The van der Waals surface area contributed by atoms with Crippen molar-refractivity contribution in [2.24, 2.45) is 0 Å². The molecular weight excluding hydrogens is 254 g/mol. The van der Waals surface area contributed by atoms with Gasteiger partial charge < -0.3 is 10.5 Å². The monoisotopic (exact) mass is 261 g/mol. The third kappa shape index (κ3) is 2.12. The van der Waals surface area contributed by atoms with Crippen LogP contribution in [0, 0.1) is 0 Å². The molecule has 1 aromatic heterocycles. The Kier molecular flexibility index (Phi) is 2.71. The van der Waals surface area contributed by atoms with Crippen LogP contribution in [0.1, 0.15) is 0 Å². The molecule has 1 saturated heterocycles. The van der Waals surface area contributed by atoms with Crippen LogP contribution in [-0.2, 0) is 4.74 Å². The minimum Gasteiger partial charge on any atom is -0.379 e. The van der Waals surface area contributed by atoms with Crippen LogP contribution in [0.4, 0.5) is 5.95 Å². The fourth-order valence-corrected chi connectivity index (χ4v) is 2.31. The van der Waals surface area contributed by atoms with Crippen LogP contribution in [0.5, 0.6) is 0 Å². The average Bonchev–Trinajstić information content (AvgIpc) is 2.03. The summed E-state index contributed by atoms with van der Waals surface area (Å²) in [5.74, 6) is 0.311. The van der Waals surface area contributed by atoms with Gasteiger partial charge in [-0.05, 0) is 15.9 Å². The van der Waals surface area contributed by atoms with E-state index >= 15 is 0 Å².